The van der Waals surface area contributed by atoms with E-state index in [2.05, 4.69) is 116 Å². The number of hydrogen-bond donors (Lipinski definition) is 0. The lowest BCUT2D eigenvalue weighted by molar-refractivity contribution is 0.590. The summed E-state index contributed by atoms with van der Waals surface area (Å²) in [6.45, 7) is 6.77. The van der Waals surface area contributed by atoms with Gasteiger partial charge in [-0.1, -0.05) is 109 Å². The van der Waals surface area contributed by atoms with Gasteiger partial charge in [0.1, 0.15) is 0 Å². The molecule has 0 amide bonds. The first-order valence-electron chi connectivity index (χ1n) is 8.17. The zero-order valence-corrected chi connectivity index (χ0v) is 16.8. The minimum atomic E-state index is -0.562. The van der Waals surface area contributed by atoms with Crippen LogP contribution in [-0.4, -0.2) is 0 Å². The van der Waals surface area contributed by atoms with E-state index in [1.54, 1.807) is 0 Å². The molecule has 2 heteroatoms. The SMILES string of the molecule is CC(C)(C)c1ccc(P(c2ccccc2)c2ccccc2)c(Br)c1. The second-order valence-corrected chi connectivity index (χ2v) is 9.96. The van der Waals surface area contributed by atoms with E-state index in [0.717, 1.165) is 0 Å². The molecular formula is C22H22BrP. The fraction of sp³-hybridized carbons (Fsp3) is 0.182. The van der Waals surface area contributed by atoms with E-state index in [0.29, 0.717) is 0 Å². The zero-order valence-electron chi connectivity index (χ0n) is 14.3. The van der Waals surface area contributed by atoms with Crippen LogP contribution >= 0.6 is 23.9 Å². The van der Waals surface area contributed by atoms with Crippen LogP contribution in [0.4, 0.5) is 0 Å². The first-order chi connectivity index (χ1) is 11.5. The molecule has 0 aromatic heterocycles. The van der Waals surface area contributed by atoms with E-state index in [1.165, 1.54) is 25.9 Å². The lowest BCUT2D eigenvalue weighted by atomic mass is 9.87. The molecule has 0 spiro atoms. The molecule has 0 unspecified atom stereocenters. The molecule has 0 aliphatic rings. The fourth-order valence-electron chi connectivity index (χ4n) is 2.74. The summed E-state index contributed by atoms with van der Waals surface area (Å²) in [5, 5.41) is 4.13. The van der Waals surface area contributed by atoms with Crippen LogP contribution in [0.15, 0.2) is 83.3 Å². The molecule has 122 valence electrons. The van der Waals surface area contributed by atoms with Crippen LogP contribution < -0.4 is 15.9 Å². The van der Waals surface area contributed by atoms with Gasteiger partial charge in [-0.3, -0.25) is 0 Å². The Kier molecular flexibility index (Phi) is 5.23. The van der Waals surface area contributed by atoms with E-state index in [1.807, 2.05) is 0 Å². The van der Waals surface area contributed by atoms with Crippen molar-refractivity contribution in [2.45, 2.75) is 26.2 Å². The van der Waals surface area contributed by atoms with Crippen LogP contribution in [0.25, 0.3) is 0 Å². The Morgan fingerprint density at radius 3 is 1.62 bits per heavy atom. The van der Waals surface area contributed by atoms with Crippen LogP contribution in [-0.2, 0) is 5.41 Å². The Labute approximate surface area is 154 Å². The summed E-state index contributed by atoms with van der Waals surface area (Å²) in [7, 11) is -0.562. The summed E-state index contributed by atoms with van der Waals surface area (Å²) in [5.41, 5.74) is 1.51. The minimum Gasteiger partial charge on any atom is -0.0622 e. The quantitative estimate of drug-likeness (QED) is 0.512. The van der Waals surface area contributed by atoms with Crippen molar-refractivity contribution in [1.29, 1.82) is 0 Å². The van der Waals surface area contributed by atoms with Gasteiger partial charge in [0, 0.05) is 4.47 Å². The minimum absolute atomic E-state index is 0.156. The average Bonchev–Trinajstić information content (AvgIpc) is 2.58. The van der Waals surface area contributed by atoms with Gasteiger partial charge in [-0.25, -0.2) is 0 Å². The maximum Gasteiger partial charge on any atom is 0.0261 e. The largest absolute Gasteiger partial charge is 0.0622 e. The molecule has 0 bridgehead atoms. The Balaban J connectivity index is 2.14. The van der Waals surface area contributed by atoms with Crippen molar-refractivity contribution in [2.75, 3.05) is 0 Å². The van der Waals surface area contributed by atoms with Crippen molar-refractivity contribution < 1.29 is 0 Å². The van der Waals surface area contributed by atoms with E-state index in [9.17, 15) is 0 Å². The van der Waals surface area contributed by atoms with E-state index < -0.39 is 7.92 Å². The van der Waals surface area contributed by atoms with Crippen molar-refractivity contribution >= 4 is 39.8 Å². The van der Waals surface area contributed by atoms with Crippen LogP contribution in [0.1, 0.15) is 26.3 Å². The summed E-state index contributed by atoms with van der Waals surface area (Å²) in [5.74, 6) is 0. The smallest absolute Gasteiger partial charge is 0.0261 e. The number of hydrogen-bond acceptors (Lipinski definition) is 0. The summed E-state index contributed by atoms with van der Waals surface area (Å²) in [6.07, 6.45) is 0. The van der Waals surface area contributed by atoms with Crippen molar-refractivity contribution in [1.82, 2.24) is 0 Å². The van der Waals surface area contributed by atoms with Crippen LogP contribution in [0.2, 0.25) is 0 Å². The molecule has 0 aliphatic carbocycles. The van der Waals surface area contributed by atoms with Crippen molar-refractivity contribution in [3.63, 3.8) is 0 Å². The van der Waals surface area contributed by atoms with Gasteiger partial charge >= 0.3 is 0 Å². The zero-order chi connectivity index (χ0) is 17.2. The molecule has 0 nitrogen and oxygen atoms in total. The van der Waals surface area contributed by atoms with Crippen molar-refractivity contribution in [3.05, 3.63) is 88.9 Å². The molecule has 0 aliphatic heterocycles. The number of benzene rings is 3. The van der Waals surface area contributed by atoms with Gasteiger partial charge in [0.15, 0.2) is 0 Å². The maximum atomic E-state index is 3.85. The molecule has 3 aromatic rings. The van der Waals surface area contributed by atoms with Crippen LogP contribution in [0.3, 0.4) is 0 Å². The van der Waals surface area contributed by atoms with Gasteiger partial charge in [0.05, 0.1) is 0 Å². The third-order valence-electron chi connectivity index (χ3n) is 4.08. The summed E-state index contributed by atoms with van der Waals surface area (Å²) in [6, 6.07) is 28.5. The third kappa shape index (κ3) is 3.79. The maximum absolute atomic E-state index is 3.85. The van der Waals surface area contributed by atoms with Gasteiger partial charge in [-0.2, -0.15) is 0 Å². The fourth-order valence-corrected chi connectivity index (χ4v) is 5.94. The molecule has 24 heavy (non-hydrogen) atoms. The lowest BCUT2D eigenvalue weighted by Crippen LogP contribution is -2.22. The molecule has 3 aromatic carbocycles. The van der Waals surface area contributed by atoms with Gasteiger partial charge in [-0.15, -0.1) is 0 Å². The molecular weight excluding hydrogens is 375 g/mol. The van der Waals surface area contributed by atoms with E-state index in [-0.39, 0.29) is 5.41 Å². The summed E-state index contributed by atoms with van der Waals surface area (Å²) >= 11 is 3.85. The molecule has 3 rings (SSSR count). The Morgan fingerprint density at radius 1 is 0.708 bits per heavy atom. The van der Waals surface area contributed by atoms with Crippen LogP contribution in [0.5, 0.6) is 0 Å². The predicted molar refractivity (Wildman–Crippen MR) is 112 cm³/mol. The highest BCUT2D eigenvalue weighted by Gasteiger charge is 2.21. The standard InChI is InChI=1S/C22H22BrP/c1-22(2,3)17-14-15-21(20(23)16-17)24(18-10-6-4-7-11-18)19-12-8-5-9-13-19/h4-16H,1-3H3. The topological polar surface area (TPSA) is 0 Å². The predicted octanol–water partition coefficient (Wildman–Crippen LogP) is 5.50. The molecule has 0 radical (unpaired) electrons. The summed E-state index contributed by atoms with van der Waals surface area (Å²) in [4.78, 5) is 0. The van der Waals surface area contributed by atoms with Gasteiger partial charge < -0.3 is 0 Å². The Morgan fingerprint density at radius 2 is 1.21 bits per heavy atom. The summed E-state index contributed by atoms with van der Waals surface area (Å²) < 4.78 is 1.20. The van der Waals surface area contributed by atoms with Gasteiger partial charge in [0.2, 0.25) is 0 Å². The average molecular weight is 397 g/mol. The Hall–Kier alpha value is -1.43. The highest BCUT2D eigenvalue weighted by atomic mass is 79.9. The Bertz CT molecular complexity index is 765. The highest BCUT2D eigenvalue weighted by Crippen LogP contribution is 2.37. The number of rotatable bonds is 3. The first-order valence-corrected chi connectivity index (χ1v) is 10.3. The second kappa shape index (κ2) is 7.21. The lowest BCUT2D eigenvalue weighted by Gasteiger charge is -2.24. The number of halogens is 1. The molecule has 0 N–H and O–H groups in total. The molecule has 0 fully saturated rings. The molecule has 0 saturated carbocycles. The third-order valence-corrected chi connectivity index (χ3v) is 7.55. The first kappa shape index (κ1) is 17.4. The van der Waals surface area contributed by atoms with E-state index >= 15 is 0 Å². The molecule has 0 atom stereocenters. The van der Waals surface area contributed by atoms with E-state index in [4.69, 9.17) is 0 Å². The van der Waals surface area contributed by atoms with Gasteiger partial charge in [0.25, 0.3) is 0 Å². The van der Waals surface area contributed by atoms with Crippen molar-refractivity contribution in [2.24, 2.45) is 0 Å². The van der Waals surface area contributed by atoms with Crippen molar-refractivity contribution in [3.8, 4) is 0 Å². The highest BCUT2D eigenvalue weighted by molar-refractivity contribution is 9.10. The molecule has 0 heterocycles. The monoisotopic (exact) mass is 396 g/mol. The normalized spacial score (nSPS) is 11.7. The molecule has 0 saturated heterocycles. The van der Waals surface area contributed by atoms with Gasteiger partial charge in [-0.05, 0) is 40.9 Å². The van der Waals surface area contributed by atoms with Crippen LogP contribution in [0, 0.1) is 0 Å². The second-order valence-electron chi connectivity index (χ2n) is 6.92.